The Bertz CT molecular complexity index is 1210. The number of nitrogens with one attached hydrogen (secondary N) is 1. The predicted octanol–water partition coefficient (Wildman–Crippen LogP) is 5.91. The van der Waals surface area contributed by atoms with Crippen LogP contribution in [0.3, 0.4) is 0 Å². The van der Waals surface area contributed by atoms with Crippen molar-refractivity contribution in [2.24, 2.45) is 11.8 Å². The molecule has 5 nitrogen and oxygen atoms in total. The number of hydrogen-bond donors (Lipinski definition) is 1. The number of nitrogens with zero attached hydrogens (tertiary/aromatic N) is 1. The Kier molecular flexibility index (Phi) is 5.01. The minimum Gasteiger partial charge on any atom is -0.497 e. The molecule has 1 saturated heterocycles. The van der Waals surface area contributed by atoms with Crippen molar-refractivity contribution >= 4 is 28.4 Å². The van der Waals surface area contributed by atoms with Crippen LogP contribution in [0.4, 0.5) is 5.69 Å². The van der Waals surface area contributed by atoms with Crippen LogP contribution >= 0.6 is 0 Å². The second-order valence-corrected chi connectivity index (χ2v) is 9.83. The van der Waals surface area contributed by atoms with Gasteiger partial charge >= 0.3 is 0 Å². The van der Waals surface area contributed by atoms with Gasteiger partial charge in [0, 0.05) is 16.6 Å². The van der Waals surface area contributed by atoms with Gasteiger partial charge < -0.3 is 9.72 Å². The van der Waals surface area contributed by atoms with Crippen LogP contribution in [-0.2, 0) is 9.59 Å². The summed E-state index contributed by atoms with van der Waals surface area (Å²) in [6.07, 6.45) is 8.14. The summed E-state index contributed by atoms with van der Waals surface area (Å²) in [6.45, 7) is 0. The number of amides is 2. The predicted molar refractivity (Wildman–Crippen MR) is 129 cm³/mol. The van der Waals surface area contributed by atoms with E-state index in [1.54, 1.807) is 7.11 Å². The minimum absolute atomic E-state index is 0.0336. The fraction of sp³-hybridized carbons (Fsp3) is 0.429. The first-order valence-corrected chi connectivity index (χ1v) is 12.3. The van der Waals surface area contributed by atoms with Crippen molar-refractivity contribution < 1.29 is 14.3 Å². The van der Waals surface area contributed by atoms with Gasteiger partial charge in [-0.25, -0.2) is 4.90 Å². The lowest BCUT2D eigenvalue weighted by Gasteiger charge is -2.38. The van der Waals surface area contributed by atoms with Crippen LogP contribution < -0.4 is 9.64 Å². The average Bonchev–Trinajstić information content (AvgIpc) is 3.37. The van der Waals surface area contributed by atoms with Crippen molar-refractivity contribution in [2.75, 3.05) is 12.0 Å². The van der Waals surface area contributed by atoms with Gasteiger partial charge in [-0.1, -0.05) is 50.3 Å². The number of hydrogen-bond acceptors (Lipinski definition) is 3. The molecule has 2 heterocycles. The van der Waals surface area contributed by atoms with E-state index in [0.29, 0.717) is 17.4 Å². The lowest BCUT2D eigenvalue weighted by Crippen LogP contribution is -2.36. The second-order valence-electron chi connectivity index (χ2n) is 9.83. The van der Waals surface area contributed by atoms with Gasteiger partial charge in [-0.3, -0.25) is 9.59 Å². The summed E-state index contributed by atoms with van der Waals surface area (Å²) >= 11 is 0. The molecule has 1 aliphatic heterocycles. The third-order valence-corrected chi connectivity index (χ3v) is 8.17. The van der Waals surface area contributed by atoms with E-state index in [1.165, 1.54) is 41.5 Å². The molecule has 0 radical (unpaired) electrons. The molecule has 1 N–H and O–H groups in total. The van der Waals surface area contributed by atoms with E-state index < -0.39 is 5.92 Å². The zero-order valence-corrected chi connectivity index (χ0v) is 19.0. The van der Waals surface area contributed by atoms with Crippen LogP contribution in [0.5, 0.6) is 5.75 Å². The fourth-order valence-corrected chi connectivity index (χ4v) is 6.72. The minimum atomic E-state index is -0.427. The molecule has 0 bridgehead atoms. The van der Waals surface area contributed by atoms with E-state index in [2.05, 4.69) is 23.2 Å². The highest BCUT2D eigenvalue weighted by atomic mass is 16.5. The lowest BCUT2D eigenvalue weighted by molar-refractivity contribution is -0.123. The average molecular weight is 443 g/mol. The topological polar surface area (TPSA) is 62.4 Å². The molecule has 3 aromatic rings. The van der Waals surface area contributed by atoms with Crippen LogP contribution in [0.1, 0.15) is 68.0 Å². The van der Waals surface area contributed by atoms with Gasteiger partial charge in [0.15, 0.2) is 0 Å². The Labute approximate surface area is 194 Å². The Morgan fingerprint density at radius 2 is 1.61 bits per heavy atom. The van der Waals surface area contributed by atoms with Crippen LogP contribution in [0.15, 0.2) is 48.5 Å². The SMILES string of the molecule is COc1ccc(N2C(=O)[C@H]3[C@H]4CCCCCCC[C@@H]4c4c([nH]c5ccccc45)[C@H]3C2=O)cc1. The zero-order chi connectivity index (χ0) is 22.5. The molecule has 2 fully saturated rings. The summed E-state index contributed by atoms with van der Waals surface area (Å²) in [5.74, 6) is 0.398. The molecule has 1 saturated carbocycles. The molecule has 1 aromatic heterocycles. The van der Waals surface area contributed by atoms with Crippen LogP contribution in [0.25, 0.3) is 10.9 Å². The molecule has 33 heavy (non-hydrogen) atoms. The van der Waals surface area contributed by atoms with E-state index in [-0.39, 0.29) is 23.7 Å². The monoisotopic (exact) mass is 442 g/mol. The number of aromatic amines is 1. The highest BCUT2D eigenvalue weighted by Crippen LogP contribution is 2.56. The number of imide groups is 1. The van der Waals surface area contributed by atoms with Crippen molar-refractivity contribution in [3.63, 3.8) is 0 Å². The number of carbonyl (C=O) groups is 2. The number of anilines is 1. The first kappa shape index (κ1) is 20.5. The Morgan fingerprint density at radius 1 is 0.879 bits per heavy atom. The van der Waals surface area contributed by atoms with Crippen LogP contribution in [0, 0.1) is 11.8 Å². The highest BCUT2D eigenvalue weighted by Gasteiger charge is 2.57. The maximum Gasteiger partial charge on any atom is 0.243 e. The number of para-hydroxylation sites is 1. The molecule has 2 aromatic carbocycles. The third kappa shape index (κ3) is 3.12. The summed E-state index contributed by atoms with van der Waals surface area (Å²) in [5.41, 5.74) is 4.00. The molecule has 0 unspecified atom stereocenters. The highest BCUT2D eigenvalue weighted by molar-refractivity contribution is 6.24. The molecular weight excluding hydrogens is 412 g/mol. The third-order valence-electron chi connectivity index (χ3n) is 8.17. The maximum atomic E-state index is 13.9. The first-order chi connectivity index (χ1) is 16.2. The van der Waals surface area contributed by atoms with Gasteiger partial charge in [-0.15, -0.1) is 0 Å². The Hall–Kier alpha value is -3.08. The summed E-state index contributed by atoms with van der Waals surface area (Å²) < 4.78 is 5.28. The molecule has 5 heteroatoms. The van der Waals surface area contributed by atoms with E-state index >= 15 is 0 Å². The quantitative estimate of drug-likeness (QED) is 0.502. The van der Waals surface area contributed by atoms with Crippen molar-refractivity contribution in [3.8, 4) is 5.75 Å². The molecule has 170 valence electrons. The van der Waals surface area contributed by atoms with E-state index in [9.17, 15) is 9.59 Å². The van der Waals surface area contributed by atoms with E-state index in [1.807, 2.05) is 30.3 Å². The van der Waals surface area contributed by atoms with Crippen LogP contribution in [0.2, 0.25) is 0 Å². The Balaban J connectivity index is 1.51. The fourth-order valence-electron chi connectivity index (χ4n) is 6.72. The molecule has 2 amide bonds. The van der Waals surface area contributed by atoms with Gasteiger partial charge in [0.2, 0.25) is 11.8 Å². The molecule has 2 aliphatic carbocycles. The standard InChI is InChI=1S/C28H30N2O3/c1-33-18-15-13-17(14-16-18)30-27(31)24-20-10-6-4-2-3-5-9-19(20)23-21-11-7-8-12-22(21)29-26(23)25(24)28(30)32/h7-8,11-16,19-20,24-25,29H,2-6,9-10H2,1H3/t19-,20-,24-,25-/m0/s1. The van der Waals surface area contributed by atoms with E-state index in [0.717, 1.165) is 30.5 Å². The van der Waals surface area contributed by atoms with E-state index in [4.69, 9.17) is 4.74 Å². The number of methoxy groups -OCH3 is 1. The number of carbonyl (C=O) groups excluding carboxylic acids is 2. The molecule has 3 aliphatic rings. The number of ether oxygens (including phenoxy) is 1. The molecular formula is C28H30N2O3. The van der Waals surface area contributed by atoms with Gasteiger partial charge in [-0.2, -0.15) is 0 Å². The number of rotatable bonds is 2. The number of aromatic nitrogens is 1. The summed E-state index contributed by atoms with van der Waals surface area (Å²) in [4.78, 5) is 32.9. The zero-order valence-electron chi connectivity index (χ0n) is 19.0. The summed E-state index contributed by atoms with van der Waals surface area (Å²) in [6, 6.07) is 15.7. The molecule has 6 rings (SSSR count). The molecule has 0 spiro atoms. The normalized spacial score (nSPS) is 27.4. The maximum absolute atomic E-state index is 13.9. The second kappa shape index (κ2) is 8.05. The van der Waals surface area contributed by atoms with Gasteiger partial charge in [0.1, 0.15) is 5.75 Å². The number of fused-ring (bicyclic) bond motifs is 8. The van der Waals surface area contributed by atoms with Gasteiger partial charge in [0.25, 0.3) is 0 Å². The molecule has 4 atom stereocenters. The van der Waals surface area contributed by atoms with Crippen molar-refractivity contribution in [1.82, 2.24) is 4.98 Å². The largest absolute Gasteiger partial charge is 0.497 e. The first-order valence-electron chi connectivity index (χ1n) is 12.3. The number of H-pyrrole nitrogens is 1. The number of benzene rings is 2. The van der Waals surface area contributed by atoms with Gasteiger partial charge in [0.05, 0.1) is 24.6 Å². The van der Waals surface area contributed by atoms with Crippen molar-refractivity contribution in [3.05, 3.63) is 59.8 Å². The smallest absolute Gasteiger partial charge is 0.243 e. The van der Waals surface area contributed by atoms with Crippen LogP contribution in [-0.4, -0.2) is 23.9 Å². The summed E-state index contributed by atoms with van der Waals surface area (Å²) in [7, 11) is 1.62. The van der Waals surface area contributed by atoms with Crippen molar-refractivity contribution in [1.29, 1.82) is 0 Å². The lowest BCUT2D eigenvalue weighted by atomic mass is 9.63. The van der Waals surface area contributed by atoms with Gasteiger partial charge in [-0.05, 0) is 60.6 Å². The Morgan fingerprint density at radius 3 is 2.39 bits per heavy atom. The van der Waals surface area contributed by atoms with Crippen molar-refractivity contribution in [2.45, 2.75) is 56.8 Å². The summed E-state index contributed by atoms with van der Waals surface area (Å²) in [5, 5.41) is 1.23.